The molecule has 6 nitrogen and oxygen atoms in total. The first-order chi connectivity index (χ1) is 10.3. The van der Waals surface area contributed by atoms with Gasteiger partial charge in [0, 0.05) is 16.6 Å². The highest BCUT2D eigenvalue weighted by atomic mass is 79.9. The predicted molar refractivity (Wildman–Crippen MR) is 93.3 cm³/mol. The van der Waals surface area contributed by atoms with Gasteiger partial charge in [-0.25, -0.2) is 17.9 Å². The number of sulfonamides is 1. The fourth-order valence-corrected chi connectivity index (χ4v) is 5.25. The number of carbonyl (C=O) groups excluding carboxylic acids is 1. The van der Waals surface area contributed by atoms with Crippen LogP contribution in [0.5, 0.6) is 0 Å². The summed E-state index contributed by atoms with van der Waals surface area (Å²) >= 11 is 3.21. The van der Waals surface area contributed by atoms with Gasteiger partial charge in [-0.3, -0.25) is 0 Å². The van der Waals surface area contributed by atoms with Gasteiger partial charge < -0.3 is 10.5 Å². The lowest BCUT2D eigenvalue weighted by Crippen LogP contribution is -2.51. The third kappa shape index (κ3) is 4.45. The van der Waals surface area contributed by atoms with Gasteiger partial charge in [0.05, 0.1) is 17.6 Å². The van der Waals surface area contributed by atoms with Crippen LogP contribution in [0, 0.1) is 0 Å². The molecule has 0 amide bonds. The maximum absolute atomic E-state index is 12.6. The van der Waals surface area contributed by atoms with Crippen LogP contribution >= 0.6 is 28.3 Å². The van der Waals surface area contributed by atoms with E-state index in [-0.39, 0.29) is 29.4 Å². The summed E-state index contributed by atoms with van der Waals surface area (Å²) in [5, 5.41) is 0. The van der Waals surface area contributed by atoms with Gasteiger partial charge in [0.15, 0.2) is 0 Å². The number of methoxy groups -OCH3 is 1. The number of benzene rings is 1. The topological polar surface area (TPSA) is 98.5 Å². The zero-order valence-corrected chi connectivity index (χ0v) is 15.9. The lowest BCUT2D eigenvalue weighted by molar-refractivity contribution is 0.0600. The van der Waals surface area contributed by atoms with E-state index in [1.54, 1.807) is 0 Å². The van der Waals surface area contributed by atoms with Crippen LogP contribution in [0.25, 0.3) is 0 Å². The van der Waals surface area contributed by atoms with E-state index in [1.165, 1.54) is 25.3 Å². The van der Waals surface area contributed by atoms with Crippen LogP contribution < -0.4 is 10.5 Å². The third-order valence-corrected chi connectivity index (χ3v) is 6.50. The molecule has 0 aliphatic heterocycles. The van der Waals surface area contributed by atoms with Gasteiger partial charge in [-0.2, -0.15) is 0 Å². The molecule has 3 N–H and O–H groups in total. The number of halogens is 2. The Balaban J connectivity index is 0.00000264. The molecule has 0 bridgehead atoms. The Bertz CT molecular complexity index is 675. The standard InChI is InChI=1S/C14H19BrN2O4S.ClH/c1-21-13(18)10-4-5-12(11(15)8-10)22(19,20)17-14(9-16)6-2-3-7-14;/h4-5,8,17H,2-3,6-7,9,16H2,1H3;1H. The molecule has 23 heavy (non-hydrogen) atoms. The van der Waals surface area contributed by atoms with E-state index in [1.807, 2.05) is 0 Å². The highest BCUT2D eigenvalue weighted by Crippen LogP contribution is 2.32. The lowest BCUT2D eigenvalue weighted by Gasteiger charge is -2.28. The summed E-state index contributed by atoms with van der Waals surface area (Å²) in [6, 6.07) is 4.25. The second-order valence-electron chi connectivity index (χ2n) is 5.43. The number of nitrogens with one attached hydrogen (secondary N) is 1. The van der Waals surface area contributed by atoms with Crippen molar-refractivity contribution in [1.82, 2.24) is 4.72 Å². The molecular formula is C14H20BrClN2O4S. The van der Waals surface area contributed by atoms with Crippen molar-refractivity contribution in [1.29, 1.82) is 0 Å². The van der Waals surface area contributed by atoms with Gasteiger partial charge in [0.2, 0.25) is 10.0 Å². The molecule has 1 fully saturated rings. The van der Waals surface area contributed by atoms with E-state index in [0.717, 1.165) is 25.7 Å². The number of hydrogen-bond acceptors (Lipinski definition) is 5. The molecule has 0 atom stereocenters. The molecule has 1 aromatic carbocycles. The minimum absolute atomic E-state index is 0. The molecule has 0 saturated heterocycles. The minimum Gasteiger partial charge on any atom is -0.465 e. The van der Waals surface area contributed by atoms with E-state index < -0.39 is 21.5 Å². The molecule has 1 saturated carbocycles. The van der Waals surface area contributed by atoms with Gasteiger partial charge in [-0.1, -0.05) is 12.8 Å². The molecule has 1 aliphatic rings. The number of nitrogens with two attached hydrogens (primary N) is 1. The molecule has 0 radical (unpaired) electrons. The van der Waals surface area contributed by atoms with Crippen molar-refractivity contribution in [3.05, 3.63) is 28.2 Å². The van der Waals surface area contributed by atoms with Gasteiger partial charge in [0.25, 0.3) is 0 Å². The van der Waals surface area contributed by atoms with Crippen molar-refractivity contribution in [2.75, 3.05) is 13.7 Å². The van der Waals surface area contributed by atoms with Crippen molar-refractivity contribution < 1.29 is 17.9 Å². The molecule has 9 heteroatoms. The highest BCUT2D eigenvalue weighted by molar-refractivity contribution is 9.10. The first-order valence-electron chi connectivity index (χ1n) is 6.95. The van der Waals surface area contributed by atoms with Crippen molar-refractivity contribution >= 4 is 44.3 Å². The average Bonchev–Trinajstić information content (AvgIpc) is 2.94. The van der Waals surface area contributed by atoms with E-state index in [2.05, 4.69) is 25.4 Å². The van der Waals surface area contributed by atoms with E-state index >= 15 is 0 Å². The second kappa shape index (κ2) is 7.94. The van der Waals surface area contributed by atoms with Crippen molar-refractivity contribution in [2.45, 2.75) is 36.1 Å². The molecule has 130 valence electrons. The van der Waals surface area contributed by atoms with Crippen LogP contribution in [0.1, 0.15) is 36.0 Å². The second-order valence-corrected chi connectivity index (χ2v) is 7.94. The Kier molecular flexibility index (Phi) is 7.03. The average molecular weight is 428 g/mol. The van der Waals surface area contributed by atoms with Crippen molar-refractivity contribution in [3.63, 3.8) is 0 Å². The molecule has 0 unspecified atom stereocenters. The zero-order valence-electron chi connectivity index (χ0n) is 12.7. The Morgan fingerprint density at radius 2 is 2.00 bits per heavy atom. The SMILES string of the molecule is COC(=O)c1ccc(S(=O)(=O)NC2(CN)CCCC2)c(Br)c1.Cl. The lowest BCUT2D eigenvalue weighted by atomic mass is 10.0. The summed E-state index contributed by atoms with van der Waals surface area (Å²) in [6.07, 6.45) is 3.39. The normalized spacial score (nSPS) is 16.7. The maximum Gasteiger partial charge on any atom is 0.337 e. The molecule has 1 aliphatic carbocycles. The molecule has 0 heterocycles. The zero-order chi connectivity index (χ0) is 16.4. The molecular weight excluding hydrogens is 408 g/mol. The summed E-state index contributed by atoms with van der Waals surface area (Å²) in [6.45, 7) is 0.268. The fourth-order valence-electron chi connectivity index (χ4n) is 2.70. The van der Waals surface area contributed by atoms with Crippen LogP contribution in [0.2, 0.25) is 0 Å². The maximum atomic E-state index is 12.6. The number of esters is 1. The number of carbonyl (C=O) groups is 1. The molecule has 2 rings (SSSR count). The van der Waals surface area contributed by atoms with Crippen LogP contribution in [0.3, 0.4) is 0 Å². The molecule has 1 aromatic rings. The van der Waals surface area contributed by atoms with Crippen LogP contribution in [0.4, 0.5) is 0 Å². The molecule has 0 spiro atoms. The Morgan fingerprint density at radius 1 is 1.39 bits per heavy atom. The Morgan fingerprint density at radius 3 is 2.48 bits per heavy atom. The number of hydrogen-bond donors (Lipinski definition) is 2. The quantitative estimate of drug-likeness (QED) is 0.702. The summed E-state index contributed by atoms with van der Waals surface area (Å²) in [7, 11) is -2.45. The fraction of sp³-hybridized carbons (Fsp3) is 0.500. The van der Waals surface area contributed by atoms with Crippen LogP contribution in [0.15, 0.2) is 27.6 Å². The number of ether oxygens (including phenoxy) is 1. The first-order valence-corrected chi connectivity index (χ1v) is 9.23. The van der Waals surface area contributed by atoms with Crippen molar-refractivity contribution in [3.8, 4) is 0 Å². The van der Waals surface area contributed by atoms with E-state index in [0.29, 0.717) is 4.47 Å². The van der Waals surface area contributed by atoms with Gasteiger partial charge in [0.1, 0.15) is 0 Å². The summed E-state index contributed by atoms with van der Waals surface area (Å²) in [5.41, 5.74) is 5.48. The Labute approximate surface area is 150 Å². The monoisotopic (exact) mass is 426 g/mol. The van der Waals surface area contributed by atoms with E-state index in [4.69, 9.17) is 5.73 Å². The van der Waals surface area contributed by atoms with Gasteiger partial charge in [-0.05, 0) is 47.0 Å². The third-order valence-electron chi connectivity index (χ3n) is 3.94. The van der Waals surface area contributed by atoms with Gasteiger partial charge >= 0.3 is 5.97 Å². The summed E-state index contributed by atoms with van der Waals surface area (Å²) < 4.78 is 32.9. The summed E-state index contributed by atoms with van der Waals surface area (Å²) in [4.78, 5) is 11.6. The minimum atomic E-state index is -3.72. The van der Waals surface area contributed by atoms with E-state index in [9.17, 15) is 13.2 Å². The highest BCUT2D eigenvalue weighted by Gasteiger charge is 2.37. The smallest absolute Gasteiger partial charge is 0.337 e. The van der Waals surface area contributed by atoms with Crippen molar-refractivity contribution in [2.24, 2.45) is 5.73 Å². The largest absolute Gasteiger partial charge is 0.465 e. The number of rotatable bonds is 5. The first kappa shape index (κ1) is 20.4. The Hall–Kier alpha value is -0.670. The summed E-state index contributed by atoms with van der Waals surface area (Å²) in [5.74, 6) is -0.521. The molecule has 0 aromatic heterocycles. The van der Waals surface area contributed by atoms with Crippen LogP contribution in [-0.2, 0) is 14.8 Å². The van der Waals surface area contributed by atoms with Crippen LogP contribution in [-0.4, -0.2) is 33.6 Å². The predicted octanol–water partition coefficient (Wildman–Crippen LogP) is 2.21. The van der Waals surface area contributed by atoms with Gasteiger partial charge in [-0.15, -0.1) is 12.4 Å².